The van der Waals surface area contributed by atoms with E-state index in [0.29, 0.717) is 17.0 Å². The predicted molar refractivity (Wildman–Crippen MR) is 54.5 cm³/mol. The second-order valence-electron chi connectivity index (χ2n) is 4.11. The molecule has 0 aliphatic heterocycles. The lowest BCUT2D eigenvalue weighted by Crippen LogP contribution is -2.13. The summed E-state index contributed by atoms with van der Waals surface area (Å²) in [5.74, 6) is -1.62. The third-order valence-electron chi connectivity index (χ3n) is 3.07. The van der Waals surface area contributed by atoms with Crippen molar-refractivity contribution in [2.75, 3.05) is 0 Å². The molecule has 1 fully saturated rings. The van der Waals surface area contributed by atoms with Crippen molar-refractivity contribution in [2.45, 2.75) is 19.3 Å². The molecule has 0 aromatic heterocycles. The Kier molecular flexibility index (Phi) is 2.23. The average molecular weight is 229 g/mol. The molecule has 1 aromatic carbocycles. The van der Waals surface area contributed by atoms with Gasteiger partial charge in [-0.2, -0.15) is 0 Å². The van der Waals surface area contributed by atoms with Gasteiger partial charge in [0.25, 0.3) is 0 Å². The van der Waals surface area contributed by atoms with Crippen LogP contribution in [0.4, 0.5) is 4.39 Å². The summed E-state index contributed by atoms with van der Waals surface area (Å²) < 4.78 is 13.5. The molecule has 0 amide bonds. The van der Waals surface area contributed by atoms with E-state index in [9.17, 15) is 9.18 Å². The number of carbonyl (C=O) groups is 1. The fourth-order valence-corrected chi connectivity index (χ4v) is 2.16. The molecule has 0 bridgehead atoms. The number of carboxylic acid groups (broad SMARTS) is 1. The van der Waals surface area contributed by atoms with Gasteiger partial charge in [-0.1, -0.05) is 17.7 Å². The van der Waals surface area contributed by atoms with Gasteiger partial charge in [-0.3, -0.25) is 4.79 Å². The van der Waals surface area contributed by atoms with Crippen LogP contribution in [-0.2, 0) is 4.79 Å². The Morgan fingerprint density at radius 1 is 1.67 bits per heavy atom. The highest BCUT2D eigenvalue weighted by atomic mass is 35.5. The minimum Gasteiger partial charge on any atom is -0.481 e. The van der Waals surface area contributed by atoms with E-state index in [-0.39, 0.29) is 5.92 Å². The Labute approximate surface area is 91.7 Å². The minimum atomic E-state index is -0.896. The predicted octanol–water partition coefficient (Wildman–Crippen LogP) is 3.06. The highest BCUT2D eigenvalue weighted by molar-refractivity contribution is 6.31. The molecular formula is C11H10ClFO2. The lowest BCUT2D eigenvalue weighted by Gasteiger charge is -2.08. The van der Waals surface area contributed by atoms with Gasteiger partial charge in [0, 0.05) is 16.5 Å². The van der Waals surface area contributed by atoms with Gasteiger partial charge in [0.2, 0.25) is 0 Å². The first-order chi connectivity index (χ1) is 6.97. The Balaban J connectivity index is 2.39. The van der Waals surface area contributed by atoms with Crippen molar-refractivity contribution in [3.05, 3.63) is 34.6 Å². The molecule has 0 heterocycles. The molecule has 1 aromatic rings. The molecule has 1 aliphatic rings. The first kappa shape index (κ1) is 10.4. The van der Waals surface area contributed by atoms with E-state index in [1.54, 1.807) is 13.0 Å². The van der Waals surface area contributed by atoms with E-state index in [1.165, 1.54) is 12.1 Å². The number of carboxylic acids is 1. The zero-order valence-electron chi connectivity index (χ0n) is 8.13. The summed E-state index contributed by atoms with van der Waals surface area (Å²) in [5.41, 5.74) is -0.518. The Morgan fingerprint density at radius 3 is 2.80 bits per heavy atom. The minimum absolute atomic E-state index is 0.302. The van der Waals surface area contributed by atoms with E-state index in [0.717, 1.165) is 0 Å². The van der Waals surface area contributed by atoms with Crippen LogP contribution in [0.3, 0.4) is 0 Å². The molecule has 80 valence electrons. The summed E-state index contributed by atoms with van der Waals surface area (Å²) in [4.78, 5) is 10.9. The van der Waals surface area contributed by atoms with Crippen LogP contribution in [0.5, 0.6) is 0 Å². The summed E-state index contributed by atoms with van der Waals surface area (Å²) in [7, 11) is 0. The topological polar surface area (TPSA) is 37.3 Å². The lowest BCUT2D eigenvalue weighted by atomic mass is 10.0. The molecule has 0 radical (unpaired) electrons. The second-order valence-corrected chi connectivity index (χ2v) is 4.52. The maximum atomic E-state index is 13.5. The van der Waals surface area contributed by atoms with Gasteiger partial charge < -0.3 is 5.11 Å². The SMILES string of the molecule is CC1(C(=O)O)CC1c1c(F)cccc1Cl. The Hall–Kier alpha value is -1.09. The number of aliphatic carboxylic acids is 1. The molecule has 4 heteroatoms. The molecule has 2 rings (SSSR count). The summed E-state index contributed by atoms with van der Waals surface area (Å²) in [6, 6.07) is 4.41. The van der Waals surface area contributed by atoms with Crippen LogP contribution in [0.2, 0.25) is 5.02 Å². The normalized spacial score (nSPS) is 28.9. The quantitative estimate of drug-likeness (QED) is 0.845. The van der Waals surface area contributed by atoms with Crippen molar-refractivity contribution in [1.82, 2.24) is 0 Å². The van der Waals surface area contributed by atoms with Crippen molar-refractivity contribution in [1.29, 1.82) is 0 Å². The van der Waals surface area contributed by atoms with E-state index in [4.69, 9.17) is 16.7 Å². The number of benzene rings is 1. The van der Waals surface area contributed by atoms with E-state index in [2.05, 4.69) is 0 Å². The molecule has 0 saturated heterocycles. The van der Waals surface area contributed by atoms with Gasteiger partial charge in [-0.05, 0) is 25.5 Å². The largest absolute Gasteiger partial charge is 0.481 e. The second kappa shape index (κ2) is 3.20. The summed E-state index contributed by atoms with van der Waals surface area (Å²) in [6.45, 7) is 1.61. The van der Waals surface area contributed by atoms with Gasteiger partial charge >= 0.3 is 5.97 Å². The van der Waals surface area contributed by atoms with Crippen molar-refractivity contribution in [3.63, 3.8) is 0 Å². The molecule has 1 N–H and O–H groups in total. The van der Waals surface area contributed by atoms with Gasteiger partial charge in [-0.15, -0.1) is 0 Å². The van der Waals surface area contributed by atoms with E-state index in [1.807, 2.05) is 0 Å². The molecular weight excluding hydrogens is 219 g/mol. The van der Waals surface area contributed by atoms with Crippen LogP contribution in [0, 0.1) is 11.2 Å². The van der Waals surface area contributed by atoms with Crippen molar-refractivity contribution in [2.24, 2.45) is 5.41 Å². The van der Waals surface area contributed by atoms with E-state index >= 15 is 0 Å². The van der Waals surface area contributed by atoms with Crippen LogP contribution in [0.15, 0.2) is 18.2 Å². The van der Waals surface area contributed by atoms with Crippen molar-refractivity contribution < 1.29 is 14.3 Å². The van der Waals surface area contributed by atoms with Crippen LogP contribution in [0.1, 0.15) is 24.8 Å². The number of rotatable bonds is 2. The molecule has 2 nitrogen and oxygen atoms in total. The molecule has 15 heavy (non-hydrogen) atoms. The smallest absolute Gasteiger partial charge is 0.309 e. The average Bonchev–Trinajstić information content (AvgIpc) is 2.79. The molecule has 2 atom stereocenters. The zero-order chi connectivity index (χ0) is 11.2. The monoisotopic (exact) mass is 228 g/mol. The Bertz CT molecular complexity index is 412. The summed E-state index contributed by atoms with van der Waals surface area (Å²) in [5, 5.41) is 9.27. The first-order valence-corrected chi connectivity index (χ1v) is 5.02. The summed E-state index contributed by atoms with van der Waals surface area (Å²) >= 11 is 5.86. The van der Waals surface area contributed by atoms with Crippen LogP contribution >= 0.6 is 11.6 Å². The third-order valence-corrected chi connectivity index (χ3v) is 3.40. The highest BCUT2D eigenvalue weighted by Gasteiger charge is 2.58. The van der Waals surface area contributed by atoms with Crippen molar-refractivity contribution >= 4 is 17.6 Å². The van der Waals surface area contributed by atoms with Gasteiger partial charge in [-0.25, -0.2) is 4.39 Å². The van der Waals surface area contributed by atoms with Gasteiger partial charge in [0.15, 0.2) is 0 Å². The van der Waals surface area contributed by atoms with Crippen LogP contribution in [-0.4, -0.2) is 11.1 Å². The number of hydrogen-bond donors (Lipinski definition) is 1. The van der Waals surface area contributed by atoms with Gasteiger partial charge in [0.1, 0.15) is 5.82 Å². The standard InChI is InChI=1S/C11H10ClFO2/c1-11(10(14)15)5-6(11)9-7(12)3-2-4-8(9)13/h2-4,6H,5H2,1H3,(H,14,15). The van der Waals surface area contributed by atoms with Gasteiger partial charge in [0.05, 0.1) is 5.41 Å². The van der Waals surface area contributed by atoms with Crippen LogP contribution < -0.4 is 0 Å². The highest BCUT2D eigenvalue weighted by Crippen LogP contribution is 2.60. The summed E-state index contributed by atoms with van der Waals surface area (Å²) in [6.07, 6.45) is 0.447. The van der Waals surface area contributed by atoms with E-state index < -0.39 is 17.2 Å². The van der Waals surface area contributed by atoms with Crippen LogP contribution in [0.25, 0.3) is 0 Å². The zero-order valence-corrected chi connectivity index (χ0v) is 8.88. The fourth-order valence-electron chi connectivity index (χ4n) is 1.87. The lowest BCUT2D eigenvalue weighted by molar-refractivity contribution is -0.142. The number of hydrogen-bond acceptors (Lipinski definition) is 1. The molecule has 0 spiro atoms. The van der Waals surface area contributed by atoms with Crippen molar-refractivity contribution in [3.8, 4) is 0 Å². The molecule has 1 aliphatic carbocycles. The number of halogens is 2. The maximum absolute atomic E-state index is 13.5. The third kappa shape index (κ3) is 1.51. The fraction of sp³-hybridized carbons (Fsp3) is 0.364. The molecule has 2 unspecified atom stereocenters. The first-order valence-electron chi connectivity index (χ1n) is 4.64. The molecule has 1 saturated carbocycles. The Morgan fingerprint density at radius 2 is 2.33 bits per heavy atom. The maximum Gasteiger partial charge on any atom is 0.309 e.